The van der Waals surface area contributed by atoms with Gasteiger partial charge in [0.05, 0.1) is 11.9 Å². The van der Waals surface area contributed by atoms with Crippen molar-refractivity contribution in [3.05, 3.63) is 67.3 Å². The highest BCUT2D eigenvalue weighted by atomic mass is 32.2. The second kappa shape index (κ2) is 9.78. The van der Waals surface area contributed by atoms with Gasteiger partial charge in [0.2, 0.25) is 15.9 Å². The van der Waals surface area contributed by atoms with Gasteiger partial charge in [-0.05, 0) is 30.7 Å². The number of hydrogen-bond acceptors (Lipinski definition) is 4. The summed E-state index contributed by atoms with van der Waals surface area (Å²) >= 11 is 0. The third-order valence-corrected chi connectivity index (χ3v) is 4.89. The molecule has 2 aromatic carbocycles. The van der Waals surface area contributed by atoms with Crippen molar-refractivity contribution in [2.45, 2.75) is 12.8 Å². The summed E-state index contributed by atoms with van der Waals surface area (Å²) in [5.41, 5.74) is 1.22. The van der Waals surface area contributed by atoms with Crippen LogP contribution >= 0.6 is 0 Å². The molecular weight excluding hydrogens is 364 g/mol. The van der Waals surface area contributed by atoms with Gasteiger partial charge in [0.15, 0.2) is 0 Å². The van der Waals surface area contributed by atoms with Crippen molar-refractivity contribution in [1.29, 1.82) is 0 Å². The minimum Gasteiger partial charge on any atom is -0.489 e. The number of carbonyl (C=O) groups is 1. The van der Waals surface area contributed by atoms with E-state index in [0.717, 1.165) is 6.26 Å². The molecule has 0 aliphatic heterocycles. The molecule has 0 aliphatic rings. The number of ether oxygens (including phenoxy) is 1. The predicted molar refractivity (Wildman–Crippen MR) is 109 cm³/mol. The van der Waals surface area contributed by atoms with E-state index in [4.69, 9.17) is 4.74 Å². The molecule has 144 valence electrons. The number of hydrogen-bond donors (Lipinski definition) is 1. The van der Waals surface area contributed by atoms with Crippen molar-refractivity contribution < 1.29 is 17.9 Å². The first kappa shape index (κ1) is 20.5. The molecule has 1 N–H and O–H groups in total. The Bertz CT molecular complexity index is 867. The maximum atomic E-state index is 12.2. The van der Waals surface area contributed by atoms with Gasteiger partial charge >= 0.3 is 0 Å². The molecule has 0 radical (unpaired) electrons. The molecule has 0 aromatic heterocycles. The Morgan fingerprint density at radius 3 is 2.59 bits per heavy atom. The zero-order valence-corrected chi connectivity index (χ0v) is 16.1. The Balaban J connectivity index is 1.90. The average Bonchev–Trinajstić information content (AvgIpc) is 2.63. The first-order valence-electron chi connectivity index (χ1n) is 8.56. The van der Waals surface area contributed by atoms with Crippen LogP contribution in [0, 0.1) is 0 Å². The number of benzene rings is 2. The molecule has 0 saturated heterocycles. The van der Waals surface area contributed by atoms with E-state index in [1.54, 1.807) is 54.6 Å². The van der Waals surface area contributed by atoms with Gasteiger partial charge in [-0.25, -0.2) is 8.42 Å². The van der Waals surface area contributed by atoms with Crippen LogP contribution in [0.5, 0.6) is 5.75 Å². The maximum absolute atomic E-state index is 12.2. The van der Waals surface area contributed by atoms with E-state index in [-0.39, 0.29) is 18.9 Å². The summed E-state index contributed by atoms with van der Waals surface area (Å²) in [6, 6.07) is 15.9. The van der Waals surface area contributed by atoms with Gasteiger partial charge in [-0.15, -0.1) is 0 Å². The first-order valence-corrected chi connectivity index (χ1v) is 10.4. The lowest BCUT2D eigenvalue weighted by molar-refractivity contribution is -0.116. The fourth-order valence-electron chi connectivity index (χ4n) is 2.51. The van der Waals surface area contributed by atoms with E-state index >= 15 is 0 Å². The number of rotatable bonds is 10. The summed E-state index contributed by atoms with van der Waals surface area (Å²) in [7, 11) is -3.41. The van der Waals surface area contributed by atoms with Crippen LogP contribution in [0.4, 0.5) is 11.4 Å². The van der Waals surface area contributed by atoms with Crippen LogP contribution in [0.3, 0.4) is 0 Å². The van der Waals surface area contributed by atoms with Crippen LogP contribution in [0.2, 0.25) is 0 Å². The Hall–Kier alpha value is -2.80. The lowest BCUT2D eigenvalue weighted by Gasteiger charge is -2.22. The van der Waals surface area contributed by atoms with Gasteiger partial charge in [-0.1, -0.05) is 36.9 Å². The molecular formula is C20H24N2O4S. The highest BCUT2D eigenvalue weighted by Crippen LogP contribution is 2.19. The molecule has 0 saturated carbocycles. The van der Waals surface area contributed by atoms with E-state index in [0.29, 0.717) is 30.2 Å². The third-order valence-electron chi connectivity index (χ3n) is 3.70. The van der Waals surface area contributed by atoms with Crippen LogP contribution in [0.25, 0.3) is 0 Å². The second-order valence-corrected chi connectivity index (χ2v) is 7.86. The zero-order valence-electron chi connectivity index (χ0n) is 15.3. The van der Waals surface area contributed by atoms with Crippen LogP contribution in [0.15, 0.2) is 67.3 Å². The van der Waals surface area contributed by atoms with Crippen molar-refractivity contribution >= 4 is 27.3 Å². The minimum atomic E-state index is -3.41. The predicted octanol–water partition coefficient (Wildman–Crippen LogP) is 3.44. The summed E-state index contributed by atoms with van der Waals surface area (Å²) in [6.07, 6.45) is 3.41. The molecule has 0 spiro atoms. The van der Waals surface area contributed by atoms with Crippen molar-refractivity contribution in [2.24, 2.45) is 0 Å². The molecule has 2 rings (SSSR count). The van der Waals surface area contributed by atoms with E-state index in [9.17, 15) is 13.2 Å². The Labute approximate surface area is 160 Å². The van der Waals surface area contributed by atoms with Crippen LogP contribution < -0.4 is 14.4 Å². The summed E-state index contributed by atoms with van der Waals surface area (Å²) in [4.78, 5) is 12.2. The number of amides is 1. The summed E-state index contributed by atoms with van der Waals surface area (Å²) in [6.45, 7) is 4.21. The van der Waals surface area contributed by atoms with Crippen molar-refractivity contribution in [1.82, 2.24) is 0 Å². The highest BCUT2D eigenvalue weighted by molar-refractivity contribution is 7.92. The molecule has 2 aromatic rings. The van der Waals surface area contributed by atoms with Crippen molar-refractivity contribution in [3.8, 4) is 5.75 Å². The largest absolute Gasteiger partial charge is 0.489 e. The van der Waals surface area contributed by atoms with E-state index in [1.807, 2.05) is 6.07 Å². The first-order chi connectivity index (χ1) is 12.9. The normalized spacial score (nSPS) is 10.9. The lowest BCUT2D eigenvalue weighted by Crippen LogP contribution is -2.31. The van der Waals surface area contributed by atoms with Gasteiger partial charge < -0.3 is 10.1 Å². The van der Waals surface area contributed by atoms with Crippen LogP contribution in [0.1, 0.15) is 12.8 Å². The molecule has 0 aliphatic carbocycles. The standard InChI is InChI=1S/C20H24N2O4S/c1-3-15-26-19-12-7-9-17(16-19)21-20(23)13-8-14-22(27(2,24)25)18-10-5-4-6-11-18/h3-7,9-12,16H,1,8,13-15H2,2H3,(H,21,23). The molecule has 0 bridgehead atoms. The summed E-state index contributed by atoms with van der Waals surface area (Å²) in [5, 5.41) is 2.80. The number of nitrogens with zero attached hydrogens (tertiary/aromatic N) is 1. The van der Waals surface area contributed by atoms with Crippen LogP contribution in [-0.4, -0.2) is 33.7 Å². The fourth-order valence-corrected chi connectivity index (χ4v) is 3.47. The quantitative estimate of drug-likeness (QED) is 0.633. The Kier molecular flexibility index (Phi) is 7.43. The fraction of sp³-hybridized carbons (Fsp3) is 0.250. The summed E-state index contributed by atoms with van der Waals surface area (Å²) < 4.78 is 30.8. The highest BCUT2D eigenvalue weighted by Gasteiger charge is 2.17. The van der Waals surface area contributed by atoms with E-state index in [1.165, 1.54) is 4.31 Å². The van der Waals surface area contributed by atoms with Crippen LogP contribution in [-0.2, 0) is 14.8 Å². The van der Waals surface area contributed by atoms with Gasteiger partial charge in [0.1, 0.15) is 12.4 Å². The third kappa shape index (κ3) is 6.79. The number of nitrogens with one attached hydrogen (secondary N) is 1. The molecule has 6 nitrogen and oxygen atoms in total. The number of anilines is 2. The molecule has 0 atom stereocenters. The lowest BCUT2D eigenvalue weighted by atomic mass is 10.2. The number of sulfonamides is 1. The SMILES string of the molecule is C=CCOc1cccc(NC(=O)CCCN(c2ccccc2)S(C)(=O)=O)c1. The van der Waals surface area contributed by atoms with Gasteiger partial charge in [-0.2, -0.15) is 0 Å². The van der Waals surface area contributed by atoms with Gasteiger partial charge in [0, 0.05) is 24.7 Å². The number of para-hydroxylation sites is 1. The molecule has 0 unspecified atom stereocenters. The van der Waals surface area contributed by atoms with E-state index in [2.05, 4.69) is 11.9 Å². The second-order valence-electron chi connectivity index (χ2n) is 5.95. The Morgan fingerprint density at radius 2 is 1.93 bits per heavy atom. The minimum absolute atomic E-state index is 0.183. The van der Waals surface area contributed by atoms with E-state index < -0.39 is 10.0 Å². The van der Waals surface area contributed by atoms with Crippen molar-refractivity contribution in [2.75, 3.05) is 29.0 Å². The number of carbonyl (C=O) groups excluding carboxylic acids is 1. The maximum Gasteiger partial charge on any atom is 0.232 e. The molecule has 0 fully saturated rings. The van der Waals surface area contributed by atoms with Gasteiger partial charge in [0.25, 0.3) is 0 Å². The monoisotopic (exact) mass is 388 g/mol. The van der Waals surface area contributed by atoms with Crippen molar-refractivity contribution in [3.63, 3.8) is 0 Å². The molecule has 27 heavy (non-hydrogen) atoms. The summed E-state index contributed by atoms with van der Waals surface area (Å²) in [5.74, 6) is 0.456. The Morgan fingerprint density at radius 1 is 1.19 bits per heavy atom. The average molecular weight is 388 g/mol. The molecule has 1 amide bonds. The zero-order chi connectivity index (χ0) is 19.7. The van der Waals surface area contributed by atoms with Gasteiger partial charge in [-0.3, -0.25) is 9.10 Å². The smallest absolute Gasteiger partial charge is 0.232 e. The topological polar surface area (TPSA) is 75.7 Å². The molecule has 0 heterocycles. The molecule has 7 heteroatoms.